The summed E-state index contributed by atoms with van der Waals surface area (Å²) in [5.74, 6) is -0.874. The number of carboxylic acid groups (broad SMARTS) is 1. The van der Waals surface area contributed by atoms with Crippen LogP contribution in [-0.4, -0.2) is 43.3 Å². The van der Waals surface area contributed by atoms with Crippen molar-refractivity contribution in [2.45, 2.75) is 38.8 Å². The number of halogens is 1. The van der Waals surface area contributed by atoms with Crippen LogP contribution in [0.5, 0.6) is 5.75 Å². The van der Waals surface area contributed by atoms with E-state index >= 15 is 0 Å². The Morgan fingerprint density at radius 3 is 2.77 bits per heavy atom. The molecule has 0 fully saturated rings. The van der Waals surface area contributed by atoms with Gasteiger partial charge in [0.25, 0.3) is 0 Å². The lowest BCUT2D eigenvalue weighted by atomic mass is 10.1. The number of carbonyl (C=O) groups excluding carboxylic acids is 1. The fraction of sp³-hybridized carbons (Fsp3) is 0.389. The molecule has 2 N–H and O–H groups in total. The minimum Gasteiger partial charge on any atom is -0.506 e. The molecule has 2 aromatic rings. The Bertz CT molecular complexity index is 834. The van der Waals surface area contributed by atoms with E-state index in [0.29, 0.717) is 26.1 Å². The van der Waals surface area contributed by atoms with E-state index in [9.17, 15) is 14.7 Å². The first-order chi connectivity index (χ1) is 12.4. The number of rotatable bonds is 5. The van der Waals surface area contributed by atoms with Gasteiger partial charge in [0.1, 0.15) is 5.75 Å². The van der Waals surface area contributed by atoms with Crippen LogP contribution >= 0.6 is 11.6 Å². The molecule has 0 radical (unpaired) electrons. The van der Waals surface area contributed by atoms with Crippen molar-refractivity contribution in [2.24, 2.45) is 0 Å². The number of hydrogen-bond donors (Lipinski definition) is 2. The van der Waals surface area contributed by atoms with E-state index in [1.807, 2.05) is 10.7 Å². The predicted octanol–water partition coefficient (Wildman–Crippen LogP) is 2.23. The summed E-state index contributed by atoms with van der Waals surface area (Å²) in [6.45, 7) is 1.79. The smallest absolute Gasteiger partial charge is 0.303 e. The molecule has 26 heavy (non-hydrogen) atoms. The number of carboxylic acids is 1. The molecule has 0 atom stereocenters. The molecule has 1 aromatic carbocycles. The van der Waals surface area contributed by atoms with Gasteiger partial charge < -0.3 is 15.1 Å². The molecule has 1 aliphatic heterocycles. The first kappa shape index (κ1) is 18.3. The number of phenols is 1. The molecule has 0 saturated heterocycles. The van der Waals surface area contributed by atoms with Gasteiger partial charge in [0.15, 0.2) is 0 Å². The summed E-state index contributed by atoms with van der Waals surface area (Å²) in [6, 6.07) is 6.65. The lowest BCUT2D eigenvalue weighted by Gasteiger charge is -2.20. The molecule has 0 bridgehead atoms. The van der Waals surface area contributed by atoms with Crippen LogP contribution in [0.25, 0.3) is 0 Å². The lowest BCUT2D eigenvalue weighted by molar-refractivity contribution is -0.137. The number of aromatic nitrogens is 2. The van der Waals surface area contributed by atoms with Crippen molar-refractivity contribution in [3.05, 3.63) is 46.2 Å². The molecule has 1 aromatic heterocycles. The minimum absolute atomic E-state index is 0.00423. The predicted molar refractivity (Wildman–Crippen MR) is 95.0 cm³/mol. The number of carbonyl (C=O) groups is 2. The largest absolute Gasteiger partial charge is 0.506 e. The Balaban J connectivity index is 1.68. The average molecular weight is 378 g/mol. The summed E-state index contributed by atoms with van der Waals surface area (Å²) < 4.78 is 1.86. The molecule has 0 aliphatic carbocycles. The van der Waals surface area contributed by atoms with Crippen LogP contribution in [0, 0.1) is 0 Å². The Hall–Kier alpha value is -2.54. The fourth-order valence-electron chi connectivity index (χ4n) is 3.04. The van der Waals surface area contributed by atoms with Crippen molar-refractivity contribution >= 4 is 23.5 Å². The monoisotopic (exact) mass is 377 g/mol. The molecular formula is C18H20ClN3O4. The van der Waals surface area contributed by atoms with E-state index in [-0.39, 0.29) is 29.5 Å². The Morgan fingerprint density at radius 1 is 1.23 bits per heavy atom. The Kier molecular flexibility index (Phi) is 5.46. The second kappa shape index (κ2) is 7.78. The molecule has 2 heterocycles. The number of benzene rings is 1. The van der Waals surface area contributed by atoms with E-state index in [1.165, 1.54) is 6.07 Å². The van der Waals surface area contributed by atoms with Crippen molar-refractivity contribution in [1.29, 1.82) is 0 Å². The average Bonchev–Trinajstić information content (AvgIpc) is 2.86. The molecule has 0 spiro atoms. The number of aliphatic carboxylic acids is 1. The van der Waals surface area contributed by atoms with Crippen molar-refractivity contribution in [2.75, 3.05) is 6.54 Å². The van der Waals surface area contributed by atoms with Gasteiger partial charge in [-0.2, -0.15) is 5.10 Å². The Morgan fingerprint density at radius 2 is 2.04 bits per heavy atom. The van der Waals surface area contributed by atoms with Crippen LogP contribution in [0.2, 0.25) is 5.02 Å². The van der Waals surface area contributed by atoms with Crippen LogP contribution in [0.4, 0.5) is 0 Å². The first-order valence-electron chi connectivity index (χ1n) is 8.45. The number of aryl methyl sites for hydroxylation is 2. The second-order valence-corrected chi connectivity index (χ2v) is 6.78. The SMILES string of the molecule is O=C(O)CCc1cc2n(n1)CCCN(C(=O)Cc1ccc(O)c(Cl)c1)C2. The summed E-state index contributed by atoms with van der Waals surface area (Å²) >= 11 is 5.90. The van der Waals surface area contributed by atoms with E-state index in [1.54, 1.807) is 17.0 Å². The summed E-state index contributed by atoms with van der Waals surface area (Å²) in [7, 11) is 0. The maximum atomic E-state index is 12.7. The van der Waals surface area contributed by atoms with Crippen LogP contribution in [0.15, 0.2) is 24.3 Å². The summed E-state index contributed by atoms with van der Waals surface area (Å²) in [4.78, 5) is 25.2. The van der Waals surface area contributed by atoms with Gasteiger partial charge in [-0.05, 0) is 30.2 Å². The highest BCUT2D eigenvalue weighted by Crippen LogP contribution is 2.24. The summed E-state index contributed by atoms with van der Waals surface area (Å²) in [6.07, 6.45) is 1.42. The number of fused-ring (bicyclic) bond motifs is 1. The summed E-state index contributed by atoms with van der Waals surface area (Å²) in [5.41, 5.74) is 2.40. The first-order valence-corrected chi connectivity index (χ1v) is 8.83. The topological polar surface area (TPSA) is 95.7 Å². The highest BCUT2D eigenvalue weighted by atomic mass is 35.5. The van der Waals surface area contributed by atoms with Crippen LogP contribution < -0.4 is 0 Å². The van der Waals surface area contributed by atoms with E-state index < -0.39 is 5.97 Å². The lowest BCUT2D eigenvalue weighted by Crippen LogP contribution is -2.32. The standard InChI is InChI=1S/C18H20ClN3O4/c19-15-8-12(2-4-16(15)23)9-17(24)21-6-1-7-22-14(11-21)10-13(20-22)3-5-18(25)26/h2,4,8,10,23H,1,3,5-7,9,11H2,(H,25,26). The molecule has 7 nitrogen and oxygen atoms in total. The second-order valence-electron chi connectivity index (χ2n) is 6.38. The third-order valence-electron chi connectivity index (χ3n) is 4.38. The molecule has 138 valence electrons. The molecule has 3 rings (SSSR count). The highest BCUT2D eigenvalue weighted by molar-refractivity contribution is 6.32. The van der Waals surface area contributed by atoms with E-state index in [0.717, 1.165) is 23.4 Å². The number of hydrogen-bond acceptors (Lipinski definition) is 4. The van der Waals surface area contributed by atoms with Gasteiger partial charge in [-0.15, -0.1) is 0 Å². The number of aromatic hydroxyl groups is 1. The van der Waals surface area contributed by atoms with Crippen LogP contribution in [-0.2, 0) is 35.5 Å². The van der Waals surface area contributed by atoms with Gasteiger partial charge in [0.2, 0.25) is 5.91 Å². The maximum absolute atomic E-state index is 12.7. The molecule has 1 aliphatic rings. The number of amides is 1. The van der Waals surface area contributed by atoms with Gasteiger partial charge in [0, 0.05) is 19.5 Å². The number of nitrogens with zero attached hydrogens (tertiary/aromatic N) is 3. The fourth-order valence-corrected chi connectivity index (χ4v) is 3.24. The van der Waals surface area contributed by atoms with E-state index in [2.05, 4.69) is 5.10 Å². The van der Waals surface area contributed by atoms with Gasteiger partial charge >= 0.3 is 5.97 Å². The molecule has 8 heteroatoms. The highest BCUT2D eigenvalue weighted by Gasteiger charge is 2.21. The molecule has 0 saturated carbocycles. The quantitative estimate of drug-likeness (QED) is 0.833. The van der Waals surface area contributed by atoms with Crippen molar-refractivity contribution in [3.8, 4) is 5.75 Å². The number of phenolic OH excluding ortho intramolecular Hbond substituents is 1. The van der Waals surface area contributed by atoms with Gasteiger partial charge in [0.05, 0.1) is 35.8 Å². The normalized spacial score (nSPS) is 14.0. The zero-order valence-electron chi connectivity index (χ0n) is 14.2. The van der Waals surface area contributed by atoms with Gasteiger partial charge in [-0.1, -0.05) is 17.7 Å². The van der Waals surface area contributed by atoms with Crippen molar-refractivity contribution in [1.82, 2.24) is 14.7 Å². The third-order valence-corrected chi connectivity index (χ3v) is 4.68. The zero-order valence-corrected chi connectivity index (χ0v) is 14.9. The molecule has 1 amide bonds. The van der Waals surface area contributed by atoms with Crippen molar-refractivity contribution < 1.29 is 19.8 Å². The van der Waals surface area contributed by atoms with Crippen LogP contribution in [0.3, 0.4) is 0 Å². The zero-order chi connectivity index (χ0) is 18.7. The molecular weight excluding hydrogens is 358 g/mol. The Labute approximate surface area is 155 Å². The minimum atomic E-state index is -0.849. The van der Waals surface area contributed by atoms with Gasteiger partial charge in [-0.3, -0.25) is 14.3 Å². The van der Waals surface area contributed by atoms with Crippen molar-refractivity contribution in [3.63, 3.8) is 0 Å². The third kappa shape index (κ3) is 4.35. The summed E-state index contributed by atoms with van der Waals surface area (Å²) in [5, 5.41) is 23.0. The maximum Gasteiger partial charge on any atom is 0.303 e. The molecule has 0 unspecified atom stereocenters. The van der Waals surface area contributed by atoms with Crippen LogP contribution in [0.1, 0.15) is 29.8 Å². The van der Waals surface area contributed by atoms with Gasteiger partial charge in [-0.25, -0.2) is 0 Å². The van der Waals surface area contributed by atoms with E-state index in [4.69, 9.17) is 16.7 Å².